The van der Waals surface area contributed by atoms with Crippen LogP contribution in [-0.4, -0.2) is 24.6 Å². The Morgan fingerprint density at radius 3 is 2.37 bits per heavy atom. The maximum atomic E-state index is 12.7. The van der Waals surface area contributed by atoms with Crippen LogP contribution in [0.1, 0.15) is 5.56 Å². The number of anilines is 1. The van der Waals surface area contributed by atoms with Gasteiger partial charge in [0.2, 0.25) is 9.84 Å². The Morgan fingerprint density at radius 1 is 1.04 bits per heavy atom. The lowest BCUT2D eigenvalue weighted by Crippen LogP contribution is -2.28. The van der Waals surface area contributed by atoms with Crippen molar-refractivity contribution in [3.63, 3.8) is 0 Å². The molecule has 2 amide bonds. The van der Waals surface area contributed by atoms with E-state index in [1.807, 2.05) is 0 Å². The number of aromatic amines is 1. The molecule has 0 unspecified atom stereocenters. The van der Waals surface area contributed by atoms with Gasteiger partial charge in [0.05, 0.1) is 26.0 Å². The maximum Gasteiger partial charge on any atom is 0.319 e. The van der Waals surface area contributed by atoms with Gasteiger partial charge in [-0.3, -0.25) is 5.10 Å². The fourth-order valence-corrected chi connectivity index (χ4v) is 3.88. The summed E-state index contributed by atoms with van der Waals surface area (Å²) >= 11 is 11.7. The first-order valence-corrected chi connectivity index (χ1v) is 9.93. The van der Waals surface area contributed by atoms with Crippen LogP contribution in [0.3, 0.4) is 0 Å². The second-order valence-corrected chi connectivity index (χ2v) is 8.28. The Balaban J connectivity index is 1.68. The maximum absolute atomic E-state index is 12.7. The summed E-state index contributed by atoms with van der Waals surface area (Å²) in [5, 5.41) is 12.2. The van der Waals surface area contributed by atoms with Crippen molar-refractivity contribution in [3.8, 4) is 0 Å². The molecule has 0 bridgehead atoms. The molecule has 0 saturated heterocycles. The average Bonchev–Trinajstić information content (AvgIpc) is 3.16. The van der Waals surface area contributed by atoms with Crippen LogP contribution in [0.2, 0.25) is 10.0 Å². The van der Waals surface area contributed by atoms with Gasteiger partial charge in [0.15, 0.2) is 0 Å². The highest BCUT2D eigenvalue weighted by molar-refractivity contribution is 7.91. The van der Waals surface area contributed by atoms with Crippen LogP contribution in [-0.2, 0) is 16.4 Å². The number of benzene rings is 2. The highest BCUT2D eigenvalue weighted by Gasteiger charge is 2.18. The number of carbonyl (C=O) groups is 1. The van der Waals surface area contributed by atoms with Crippen LogP contribution in [0.25, 0.3) is 0 Å². The van der Waals surface area contributed by atoms with E-state index in [9.17, 15) is 13.2 Å². The van der Waals surface area contributed by atoms with Crippen molar-refractivity contribution in [2.24, 2.45) is 0 Å². The number of urea groups is 1. The van der Waals surface area contributed by atoms with E-state index < -0.39 is 15.9 Å². The van der Waals surface area contributed by atoms with Crippen molar-refractivity contribution >= 4 is 44.8 Å². The molecular weight excluding hydrogens is 411 g/mol. The molecule has 27 heavy (non-hydrogen) atoms. The van der Waals surface area contributed by atoms with Gasteiger partial charge in [0, 0.05) is 24.0 Å². The van der Waals surface area contributed by atoms with Crippen molar-refractivity contribution in [2.45, 2.75) is 16.3 Å². The summed E-state index contributed by atoms with van der Waals surface area (Å²) in [5.74, 6) is 0. The molecule has 0 spiro atoms. The highest BCUT2D eigenvalue weighted by atomic mass is 35.5. The highest BCUT2D eigenvalue weighted by Crippen LogP contribution is 2.28. The lowest BCUT2D eigenvalue weighted by atomic mass is 10.3. The molecule has 0 fully saturated rings. The second kappa shape index (κ2) is 7.99. The van der Waals surface area contributed by atoms with Crippen molar-refractivity contribution in [1.29, 1.82) is 0 Å². The Bertz CT molecular complexity index is 1050. The molecule has 3 aromatic rings. The van der Waals surface area contributed by atoms with Crippen LogP contribution in [0, 0.1) is 0 Å². The van der Waals surface area contributed by atoms with E-state index in [0.29, 0.717) is 12.2 Å². The summed E-state index contributed by atoms with van der Waals surface area (Å²) in [6.07, 6.45) is 3.27. The van der Waals surface area contributed by atoms with Gasteiger partial charge >= 0.3 is 6.03 Å². The molecule has 7 nitrogen and oxygen atoms in total. The lowest BCUT2D eigenvalue weighted by Gasteiger charge is -2.09. The van der Waals surface area contributed by atoms with Crippen molar-refractivity contribution in [1.82, 2.24) is 15.5 Å². The fraction of sp³-hybridized carbons (Fsp3) is 0.0588. The predicted octanol–water partition coefficient (Wildman–Crippen LogP) is 3.87. The number of carbonyl (C=O) groups excluding carboxylic acids is 1. The minimum Gasteiger partial charge on any atom is -0.334 e. The van der Waals surface area contributed by atoms with Gasteiger partial charge < -0.3 is 10.6 Å². The number of nitrogens with one attached hydrogen (secondary N) is 3. The minimum absolute atomic E-state index is 0.0375. The van der Waals surface area contributed by atoms with Gasteiger partial charge in [-0.15, -0.1) is 0 Å². The predicted molar refractivity (Wildman–Crippen MR) is 103 cm³/mol. The topological polar surface area (TPSA) is 104 Å². The zero-order valence-electron chi connectivity index (χ0n) is 13.7. The largest absolute Gasteiger partial charge is 0.334 e. The zero-order valence-corrected chi connectivity index (χ0v) is 16.1. The normalized spacial score (nSPS) is 11.2. The summed E-state index contributed by atoms with van der Waals surface area (Å²) < 4.78 is 25.3. The summed E-state index contributed by atoms with van der Waals surface area (Å²) in [7, 11) is -3.75. The smallest absolute Gasteiger partial charge is 0.319 e. The number of H-pyrrole nitrogens is 1. The van der Waals surface area contributed by atoms with Gasteiger partial charge in [0.1, 0.15) is 0 Å². The lowest BCUT2D eigenvalue weighted by molar-refractivity contribution is 0.251. The van der Waals surface area contributed by atoms with Crippen LogP contribution in [0.5, 0.6) is 0 Å². The Labute approximate surface area is 165 Å². The van der Waals surface area contributed by atoms with E-state index in [1.165, 1.54) is 42.5 Å². The van der Waals surface area contributed by atoms with Gasteiger partial charge in [-0.1, -0.05) is 23.2 Å². The molecule has 2 aromatic carbocycles. The van der Waals surface area contributed by atoms with E-state index in [-0.39, 0.29) is 19.8 Å². The first-order valence-electron chi connectivity index (χ1n) is 7.69. The molecule has 0 aliphatic rings. The molecular formula is C17H14Cl2N4O3S. The minimum atomic E-state index is -3.75. The summed E-state index contributed by atoms with van der Waals surface area (Å²) in [4.78, 5) is 12.0. The van der Waals surface area contributed by atoms with E-state index in [2.05, 4.69) is 20.8 Å². The van der Waals surface area contributed by atoms with Crippen LogP contribution in [0.4, 0.5) is 10.5 Å². The number of rotatable bonds is 5. The monoisotopic (exact) mass is 424 g/mol. The Hall–Kier alpha value is -2.55. The molecule has 3 N–H and O–H groups in total. The number of hydrogen-bond acceptors (Lipinski definition) is 4. The third kappa shape index (κ3) is 4.60. The third-order valence-corrected chi connectivity index (χ3v) is 6.14. The number of aromatic nitrogens is 2. The van der Waals surface area contributed by atoms with E-state index in [0.717, 1.165) is 5.56 Å². The summed E-state index contributed by atoms with van der Waals surface area (Å²) in [6.45, 7) is 0.312. The van der Waals surface area contributed by atoms with Crippen LogP contribution >= 0.6 is 23.2 Å². The number of hydrogen-bond donors (Lipinski definition) is 3. The molecule has 0 atom stereocenters. The molecule has 10 heteroatoms. The SMILES string of the molecule is O=C(NCc1cn[nH]c1)Nc1ccc(S(=O)(=O)c2ccc(Cl)c(Cl)c2)cc1. The molecule has 140 valence electrons. The Morgan fingerprint density at radius 2 is 1.74 bits per heavy atom. The quantitative estimate of drug-likeness (QED) is 0.577. The van der Waals surface area contributed by atoms with Gasteiger partial charge in [-0.05, 0) is 42.5 Å². The zero-order chi connectivity index (χ0) is 19.4. The van der Waals surface area contributed by atoms with Crippen molar-refractivity contribution < 1.29 is 13.2 Å². The number of amides is 2. The summed E-state index contributed by atoms with van der Waals surface area (Å²) in [5.41, 5.74) is 1.28. The number of sulfone groups is 1. The fourth-order valence-electron chi connectivity index (χ4n) is 2.23. The molecule has 0 aliphatic heterocycles. The van der Waals surface area contributed by atoms with E-state index >= 15 is 0 Å². The van der Waals surface area contributed by atoms with Gasteiger partial charge in [0.25, 0.3) is 0 Å². The summed E-state index contributed by atoms with van der Waals surface area (Å²) in [6, 6.07) is 9.51. The van der Waals surface area contributed by atoms with Crippen LogP contribution in [0.15, 0.2) is 64.6 Å². The molecule has 1 aromatic heterocycles. The third-order valence-electron chi connectivity index (χ3n) is 3.63. The standard InChI is InChI=1S/C17H14Cl2N4O3S/c18-15-6-5-14(7-16(15)19)27(25,26)13-3-1-12(2-4-13)23-17(24)20-8-11-9-21-22-10-11/h1-7,9-10H,8H2,(H,21,22)(H2,20,23,24). The molecule has 0 radical (unpaired) electrons. The van der Waals surface area contributed by atoms with Crippen molar-refractivity contribution in [2.75, 3.05) is 5.32 Å². The first-order chi connectivity index (χ1) is 12.9. The number of halogens is 2. The van der Waals surface area contributed by atoms with Gasteiger partial charge in [-0.25, -0.2) is 13.2 Å². The Kier molecular flexibility index (Phi) is 5.69. The second-order valence-electron chi connectivity index (χ2n) is 5.52. The average molecular weight is 425 g/mol. The first kappa shape index (κ1) is 19.2. The molecule has 3 rings (SSSR count). The van der Waals surface area contributed by atoms with Crippen molar-refractivity contribution in [3.05, 3.63) is 70.5 Å². The van der Waals surface area contributed by atoms with E-state index in [4.69, 9.17) is 23.2 Å². The molecule has 0 saturated carbocycles. The van der Waals surface area contributed by atoms with Crippen LogP contribution < -0.4 is 10.6 Å². The molecule has 1 heterocycles. The number of nitrogens with zero attached hydrogens (tertiary/aromatic N) is 1. The molecule has 0 aliphatic carbocycles. The van der Waals surface area contributed by atoms with E-state index in [1.54, 1.807) is 12.4 Å². The van der Waals surface area contributed by atoms with Gasteiger partial charge in [-0.2, -0.15) is 5.10 Å².